The standard InChI is InChI=1S/C4H11NO3/c5-3(1-6)4(8)2-7/h3-4,6-8H,1-2,5H2/t3-,4-/m0/s1. The van der Waals surface area contributed by atoms with Gasteiger partial charge in [-0.3, -0.25) is 0 Å². The minimum absolute atomic E-state index is 0.304. The summed E-state index contributed by atoms with van der Waals surface area (Å²) in [6.07, 6.45) is -1.00. The monoisotopic (exact) mass is 121 g/mol. The Hall–Kier alpha value is -0.160. The molecule has 0 aliphatic carbocycles. The van der Waals surface area contributed by atoms with E-state index in [4.69, 9.17) is 21.1 Å². The Labute approximate surface area is 47.6 Å². The van der Waals surface area contributed by atoms with Crippen molar-refractivity contribution < 1.29 is 15.3 Å². The van der Waals surface area contributed by atoms with Crippen LogP contribution in [0.1, 0.15) is 0 Å². The van der Waals surface area contributed by atoms with Gasteiger partial charge in [0.15, 0.2) is 0 Å². The molecule has 4 nitrogen and oxygen atoms in total. The summed E-state index contributed by atoms with van der Waals surface area (Å²) in [4.78, 5) is 0. The molecule has 0 aliphatic rings. The molecule has 2 atom stereocenters. The summed E-state index contributed by atoms with van der Waals surface area (Å²) >= 11 is 0. The Balaban J connectivity index is 3.29. The predicted octanol–water partition coefficient (Wildman–Crippen LogP) is -2.34. The van der Waals surface area contributed by atoms with Gasteiger partial charge >= 0.3 is 0 Å². The van der Waals surface area contributed by atoms with Gasteiger partial charge in [-0.15, -0.1) is 0 Å². The van der Waals surface area contributed by atoms with Crippen LogP contribution in [-0.4, -0.2) is 40.7 Å². The van der Waals surface area contributed by atoms with Crippen LogP contribution < -0.4 is 5.73 Å². The van der Waals surface area contributed by atoms with Crippen LogP contribution in [0, 0.1) is 0 Å². The highest BCUT2D eigenvalue weighted by Gasteiger charge is 2.10. The molecule has 8 heavy (non-hydrogen) atoms. The fourth-order valence-corrected chi connectivity index (χ4v) is 0.257. The van der Waals surface area contributed by atoms with Crippen LogP contribution in [0.5, 0.6) is 0 Å². The van der Waals surface area contributed by atoms with Gasteiger partial charge in [-0.25, -0.2) is 0 Å². The molecular weight excluding hydrogens is 110 g/mol. The lowest BCUT2D eigenvalue weighted by atomic mass is 10.2. The molecule has 0 radical (unpaired) electrons. The van der Waals surface area contributed by atoms with Crippen molar-refractivity contribution in [1.29, 1.82) is 0 Å². The molecule has 0 fully saturated rings. The SMILES string of the molecule is N[C@@H](CO)[C@@H](O)CO. The number of aliphatic hydroxyl groups is 3. The van der Waals surface area contributed by atoms with E-state index in [1.807, 2.05) is 0 Å². The largest absolute Gasteiger partial charge is 0.395 e. The van der Waals surface area contributed by atoms with Gasteiger partial charge < -0.3 is 21.1 Å². The number of rotatable bonds is 3. The predicted molar refractivity (Wildman–Crippen MR) is 28.2 cm³/mol. The maximum absolute atomic E-state index is 8.59. The average molecular weight is 121 g/mol. The van der Waals surface area contributed by atoms with E-state index in [9.17, 15) is 0 Å². The van der Waals surface area contributed by atoms with E-state index in [-0.39, 0.29) is 6.61 Å². The van der Waals surface area contributed by atoms with Crippen molar-refractivity contribution >= 4 is 0 Å². The normalized spacial score (nSPS) is 18.0. The number of nitrogens with two attached hydrogens (primary N) is 1. The molecular formula is C4H11NO3. The van der Waals surface area contributed by atoms with Gasteiger partial charge in [0.2, 0.25) is 0 Å². The summed E-state index contributed by atoms with van der Waals surface area (Å²) in [5, 5.41) is 25.0. The van der Waals surface area contributed by atoms with E-state index in [2.05, 4.69) is 0 Å². The van der Waals surface area contributed by atoms with Gasteiger partial charge in [0.1, 0.15) is 0 Å². The van der Waals surface area contributed by atoms with Crippen LogP contribution in [0.2, 0.25) is 0 Å². The van der Waals surface area contributed by atoms with Gasteiger partial charge in [0.25, 0.3) is 0 Å². The van der Waals surface area contributed by atoms with Gasteiger partial charge in [-0.05, 0) is 0 Å². The molecule has 0 amide bonds. The van der Waals surface area contributed by atoms with E-state index in [1.54, 1.807) is 0 Å². The van der Waals surface area contributed by atoms with E-state index in [0.29, 0.717) is 0 Å². The summed E-state index contributed by atoms with van der Waals surface area (Å²) in [5.74, 6) is 0. The third kappa shape index (κ3) is 2.23. The van der Waals surface area contributed by atoms with E-state index in [0.717, 1.165) is 0 Å². The maximum atomic E-state index is 8.59. The van der Waals surface area contributed by atoms with Gasteiger partial charge in [-0.2, -0.15) is 0 Å². The van der Waals surface area contributed by atoms with Crippen molar-refractivity contribution in [2.45, 2.75) is 12.1 Å². The Kier molecular flexibility index (Phi) is 3.72. The molecule has 0 spiro atoms. The zero-order chi connectivity index (χ0) is 6.57. The fraction of sp³-hybridized carbons (Fsp3) is 1.00. The minimum atomic E-state index is -1.00. The van der Waals surface area contributed by atoms with Crippen LogP contribution in [0.25, 0.3) is 0 Å². The van der Waals surface area contributed by atoms with Crippen molar-refractivity contribution in [1.82, 2.24) is 0 Å². The Morgan fingerprint density at radius 3 is 1.88 bits per heavy atom. The van der Waals surface area contributed by atoms with Crippen molar-refractivity contribution in [2.75, 3.05) is 13.2 Å². The molecule has 5 N–H and O–H groups in total. The second-order valence-corrected chi connectivity index (χ2v) is 1.60. The van der Waals surface area contributed by atoms with E-state index in [1.165, 1.54) is 0 Å². The summed E-state index contributed by atoms with van der Waals surface area (Å²) < 4.78 is 0. The molecule has 50 valence electrons. The zero-order valence-corrected chi connectivity index (χ0v) is 4.49. The van der Waals surface area contributed by atoms with Crippen LogP contribution >= 0.6 is 0 Å². The first kappa shape index (κ1) is 7.84. The molecule has 4 heteroatoms. The molecule has 0 aromatic rings. The van der Waals surface area contributed by atoms with Crippen LogP contribution in [0.4, 0.5) is 0 Å². The summed E-state index contributed by atoms with van der Waals surface area (Å²) in [7, 11) is 0. The molecule has 0 saturated heterocycles. The lowest BCUT2D eigenvalue weighted by Crippen LogP contribution is -2.39. The molecule has 0 rings (SSSR count). The Morgan fingerprint density at radius 2 is 1.75 bits per heavy atom. The molecule has 0 bridgehead atoms. The topological polar surface area (TPSA) is 86.7 Å². The first-order valence-electron chi connectivity index (χ1n) is 2.37. The highest BCUT2D eigenvalue weighted by molar-refractivity contribution is 4.68. The Morgan fingerprint density at radius 1 is 1.25 bits per heavy atom. The van der Waals surface area contributed by atoms with E-state index < -0.39 is 18.8 Å². The van der Waals surface area contributed by atoms with Crippen molar-refractivity contribution in [2.24, 2.45) is 5.73 Å². The third-order valence-corrected chi connectivity index (χ3v) is 0.892. The van der Waals surface area contributed by atoms with E-state index >= 15 is 0 Å². The molecule has 0 unspecified atom stereocenters. The van der Waals surface area contributed by atoms with Crippen LogP contribution in [0.3, 0.4) is 0 Å². The van der Waals surface area contributed by atoms with Gasteiger partial charge in [0, 0.05) is 0 Å². The van der Waals surface area contributed by atoms with Crippen LogP contribution in [-0.2, 0) is 0 Å². The summed E-state index contributed by atoms with van der Waals surface area (Å²) in [6, 6.07) is -0.722. The quantitative estimate of drug-likeness (QED) is 0.337. The van der Waals surface area contributed by atoms with Gasteiger partial charge in [-0.1, -0.05) is 0 Å². The average Bonchev–Trinajstić information content (AvgIpc) is 1.84. The Bertz CT molecular complexity index is 51.2. The van der Waals surface area contributed by atoms with Crippen molar-refractivity contribution in [3.8, 4) is 0 Å². The molecule has 0 aromatic heterocycles. The number of hydrogen-bond acceptors (Lipinski definition) is 4. The third-order valence-electron chi connectivity index (χ3n) is 0.892. The van der Waals surface area contributed by atoms with Crippen molar-refractivity contribution in [3.63, 3.8) is 0 Å². The first-order valence-corrected chi connectivity index (χ1v) is 2.37. The lowest BCUT2D eigenvalue weighted by Gasteiger charge is -2.12. The van der Waals surface area contributed by atoms with Crippen molar-refractivity contribution in [3.05, 3.63) is 0 Å². The molecule has 0 aliphatic heterocycles. The summed E-state index contributed by atoms with van der Waals surface area (Å²) in [5.41, 5.74) is 5.07. The number of hydrogen-bond donors (Lipinski definition) is 4. The second-order valence-electron chi connectivity index (χ2n) is 1.60. The minimum Gasteiger partial charge on any atom is -0.395 e. The van der Waals surface area contributed by atoms with Crippen LogP contribution in [0.15, 0.2) is 0 Å². The lowest BCUT2D eigenvalue weighted by molar-refractivity contribution is 0.0549. The van der Waals surface area contributed by atoms with Gasteiger partial charge in [0.05, 0.1) is 25.4 Å². The molecule has 0 heterocycles. The fourth-order valence-electron chi connectivity index (χ4n) is 0.257. The highest BCUT2D eigenvalue weighted by Crippen LogP contribution is 1.84. The smallest absolute Gasteiger partial charge is 0.0943 e. The maximum Gasteiger partial charge on any atom is 0.0943 e. The molecule has 0 aromatic carbocycles. The molecule has 0 saturated carbocycles. The highest BCUT2D eigenvalue weighted by atomic mass is 16.3. The number of aliphatic hydroxyl groups excluding tert-OH is 3. The second kappa shape index (κ2) is 3.80. The summed E-state index contributed by atoms with van der Waals surface area (Å²) in [6.45, 7) is -0.705. The first-order chi connectivity index (χ1) is 3.72. The zero-order valence-electron chi connectivity index (χ0n) is 4.49.